The first-order valence-electron chi connectivity index (χ1n) is 6.56. The van der Waals surface area contributed by atoms with Crippen molar-refractivity contribution in [1.82, 2.24) is 5.32 Å². The van der Waals surface area contributed by atoms with Gasteiger partial charge in [-0.3, -0.25) is 4.99 Å². The zero-order chi connectivity index (χ0) is 13.3. The summed E-state index contributed by atoms with van der Waals surface area (Å²) in [5.74, 6) is -0.0207. The maximum absolute atomic E-state index is 13.5. The largest absolute Gasteiger partial charge is 0.359 e. The second kappa shape index (κ2) is 5.12. The van der Waals surface area contributed by atoms with Gasteiger partial charge in [0, 0.05) is 22.9 Å². The number of thioether (sulfide) groups is 1. The summed E-state index contributed by atoms with van der Waals surface area (Å²) >= 11 is 1.71. The van der Waals surface area contributed by atoms with Gasteiger partial charge < -0.3 is 5.32 Å². The Morgan fingerprint density at radius 1 is 1.26 bits per heavy atom. The van der Waals surface area contributed by atoms with Gasteiger partial charge in [-0.05, 0) is 18.9 Å². The van der Waals surface area contributed by atoms with Crippen LogP contribution in [0.15, 0.2) is 23.2 Å². The van der Waals surface area contributed by atoms with E-state index in [4.69, 9.17) is 0 Å². The molecule has 1 heterocycles. The molecule has 1 saturated carbocycles. The summed E-state index contributed by atoms with van der Waals surface area (Å²) in [5, 5.41) is 4.38. The van der Waals surface area contributed by atoms with Gasteiger partial charge in [-0.1, -0.05) is 30.7 Å². The number of nitrogens with zero attached hydrogens (tertiary/aromatic N) is 1. The molecule has 3 rings (SSSR count). The fraction of sp³-hybridized carbons (Fsp3) is 0.500. The number of halogens is 2. The predicted molar refractivity (Wildman–Crippen MR) is 74.3 cm³/mol. The van der Waals surface area contributed by atoms with E-state index in [0.717, 1.165) is 17.0 Å². The maximum Gasteiger partial charge on any atom is 0.157 e. The molecule has 5 heteroatoms. The van der Waals surface area contributed by atoms with Gasteiger partial charge in [0.2, 0.25) is 0 Å². The van der Waals surface area contributed by atoms with E-state index in [2.05, 4.69) is 10.3 Å². The molecular weight excluding hydrogens is 266 g/mol. The van der Waals surface area contributed by atoms with E-state index in [1.54, 1.807) is 11.8 Å². The number of amidine groups is 1. The standard InChI is InChI=1S/C14H16F2N2S/c15-11-4-3-10(12(16)7-11)8-17-13-18-14(9-19-13)5-1-2-6-14/h3-4,7H,1-2,5-6,8-9H2,(H,17,18). The monoisotopic (exact) mass is 282 g/mol. The van der Waals surface area contributed by atoms with Crippen molar-refractivity contribution in [2.24, 2.45) is 4.99 Å². The molecule has 1 saturated heterocycles. The Bertz CT molecular complexity index is 510. The molecule has 2 nitrogen and oxygen atoms in total. The number of hydrogen-bond donors (Lipinski definition) is 1. The Balaban J connectivity index is 1.67. The lowest BCUT2D eigenvalue weighted by atomic mass is 10.0. The van der Waals surface area contributed by atoms with Gasteiger partial charge in [0.25, 0.3) is 0 Å². The lowest BCUT2D eigenvalue weighted by molar-refractivity contribution is 0.452. The third-order valence-electron chi connectivity index (χ3n) is 3.83. The highest BCUT2D eigenvalue weighted by Gasteiger charge is 2.39. The summed E-state index contributed by atoms with van der Waals surface area (Å²) < 4.78 is 26.3. The number of aliphatic imine (C=N–C) groups is 1. The topological polar surface area (TPSA) is 24.4 Å². The molecule has 2 aliphatic rings. The van der Waals surface area contributed by atoms with Gasteiger partial charge in [-0.15, -0.1) is 0 Å². The zero-order valence-electron chi connectivity index (χ0n) is 10.6. The fourth-order valence-corrected chi connectivity index (χ4v) is 3.94. The lowest BCUT2D eigenvalue weighted by Crippen LogP contribution is -2.40. The van der Waals surface area contributed by atoms with E-state index in [9.17, 15) is 8.78 Å². The Morgan fingerprint density at radius 2 is 2.05 bits per heavy atom. The first-order valence-corrected chi connectivity index (χ1v) is 7.55. The van der Waals surface area contributed by atoms with Crippen molar-refractivity contribution in [3.05, 3.63) is 35.4 Å². The van der Waals surface area contributed by atoms with Crippen LogP contribution in [-0.2, 0) is 6.54 Å². The first kappa shape index (κ1) is 12.9. The molecular formula is C14H16F2N2S. The Morgan fingerprint density at radius 3 is 2.79 bits per heavy atom. The number of nitrogens with one attached hydrogen (secondary N) is 1. The van der Waals surface area contributed by atoms with Crippen LogP contribution in [0.1, 0.15) is 31.2 Å². The summed E-state index contributed by atoms with van der Waals surface area (Å²) in [7, 11) is 0. The highest BCUT2D eigenvalue weighted by molar-refractivity contribution is 8.14. The molecule has 0 radical (unpaired) electrons. The first-order chi connectivity index (χ1) is 9.17. The molecule has 102 valence electrons. The maximum atomic E-state index is 13.5. The second-order valence-electron chi connectivity index (χ2n) is 5.26. The van der Waals surface area contributed by atoms with Crippen LogP contribution in [0.3, 0.4) is 0 Å². The summed E-state index contributed by atoms with van der Waals surface area (Å²) in [6, 6.07) is 3.63. The smallest absolute Gasteiger partial charge is 0.157 e. The van der Waals surface area contributed by atoms with Crippen LogP contribution >= 0.6 is 11.8 Å². The van der Waals surface area contributed by atoms with Crippen LogP contribution in [0.5, 0.6) is 0 Å². The number of rotatable bonds is 2. The normalized spacial score (nSPS) is 23.2. The van der Waals surface area contributed by atoms with Crippen molar-refractivity contribution >= 4 is 16.9 Å². The Hall–Kier alpha value is -1.10. The second-order valence-corrected chi connectivity index (χ2v) is 6.22. The fourth-order valence-electron chi connectivity index (χ4n) is 2.72. The van der Waals surface area contributed by atoms with Crippen LogP contribution in [0.25, 0.3) is 0 Å². The van der Waals surface area contributed by atoms with E-state index in [-0.39, 0.29) is 12.1 Å². The van der Waals surface area contributed by atoms with Crippen LogP contribution in [0.4, 0.5) is 8.78 Å². The minimum Gasteiger partial charge on any atom is -0.359 e. The van der Waals surface area contributed by atoms with Gasteiger partial charge in [0.05, 0.1) is 6.54 Å². The quantitative estimate of drug-likeness (QED) is 0.898. The predicted octanol–water partition coefficient (Wildman–Crippen LogP) is 3.47. The molecule has 1 aliphatic heterocycles. The van der Waals surface area contributed by atoms with Crippen molar-refractivity contribution in [3.63, 3.8) is 0 Å². The number of benzene rings is 1. The molecule has 0 bridgehead atoms. The molecule has 19 heavy (non-hydrogen) atoms. The summed E-state index contributed by atoms with van der Waals surface area (Å²) in [4.78, 5) is 4.41. The van der Waals surface area contributed by atoms with Crippen LogP contribution in [0.2, 0.25) is 0 Å². The molecule has 1 aromatic carbocycles. The minimum atomic E-state index is -0.549. The van der Waals surface area contributed by atoms with Gasteiger partial charge in [0.15, 0.2) is 5.17 Å². The van der Waals surface area contributed by atoms with Gasteiger partial charge >= 0.3 is 0 Å². The van der Waals surface area contributed by atoms with Gasteiger partial charge in [0.1, 0.15) is 11.6 Å². The van der Waals surface area contributed by atoms with E-state index >= 15 is 0 Å². The van der Waals surface area contributed by atoms with Crippen molar-refractivity contribution in [2.45, 2.75) is 37.8 Å². The molecule has 1 aromatic rings. The Kier molecular flexibility index (Phi) is 3.48. The van der Waals surface area contributed by atoms with Crippen molar-refractivity contribution in [3.8, 4) is 0 Å². The van der Waals surface area contributed by atoms with E-state index in [1.165, 1.54) is 37.8 Å². The lowest BCUT2D eigenvalue weighted by Gasteiger charge is -2.21. The van der Waals surface area contributed by atoms with Crippen molar-refractivity contribution < 1.29 is 8.78 Å². The third kappa shape index (κ3) is 2.76. The molecule has 0 atom stereocenters. The third-order valence-corrected chi connectivity index (χ3v) is 5.03. The highest BCUT2D eigenvalue weighted by Crippen LogP contribution is 2.37. The molecule has 0 amide bonds. The summed E-state index contributed by atoms with van der Waals surface area (Å²) in [5.41, 5.74) is 0.661. The summed E-state index contributed by atoms with van der Waals surface area (Å²) in [6.45, 7) is 0.261. The highest BCUT2D eigenvalue weighted by atomic mass is 32.2. The average Bonchev–Trinajstić information content (AvgIpc) is 2.99. The van der Waals surface area contributed by atoms with Crippen molar-refractivity contribution in [2.75, 3.05) is 5.75 Å². The van der Waals surface area contributed by atoms with Crippen molar-refractivity contribution in [1.29, 1.82) is 0 Å². The van der Waals surface area contributed by atoms with Crippen LogP contribution < -0.4 is 5.32 Å². The average molecular weight is 282 g/mol. The molecule has 0 unspecified atom stereocenters. The molecule has 2 fully saturated rings. The van der Waals surface area contributed by atoms with E-state index < -0.39 is 11.6 Å². The zero-order valence-corrected chi connectivity index (χ0v) is 11.4. The van der Waals surface area contributed by atoms with E-state index in [1.807, 2.05) is 0 Å². The number of hydrogen-bond acceptors (Lipinski definition) is 2. The Labute approximate surface area is 115 Å². The molecule has 0 aromatic heterocycles. The van der Waals surface area contributed by atoms with E-state index in [0.29, 0.717) is 5.56 Å². The minimum absolute atomic E-state index is 0.227. The SMILES string of the molecule is Fc1ccc(CN=C2NC3(CCCC3)CS2)c(F)c1. The van der Waals surface area contributed by atoms with Crippen LogP contribution in [-0.4, -0.2) is 16.5 Å². The van der Waals surface area contributed by atoms with Crippen LogP contribution in [0, 0.1) is 11.6 Å². The summed E-state index contributed by atoms with van der Waals surface area (Å²) in [6.07, 6.45) is 4.94. The molecule has 1 spiro atoms. The van der Waals surface area contributed by atoms with Gasteiger partial charge in [-0.25, -0.2) is 8.78 Å². The molecule has 1 aliphatic carbocycles. The molecule has 1 N–H and O–H groups in total. The van der Waals surface area contributed by atoms with Gasteiger partial charge in [-0.2, -0.15) is 0 Å².